The Morgan fingerprint density at radius 3 is 2.13 bits per heavy atom. The van der Waals surface area contributed by atoms with Crippen LogP contribution in [-0.2, 0) is 20.7 Å². The number of nitrogens with zero attached hydrogens (tertiary/aromatic N) is 2. The molecular formula is C32H37N3O3. The van der Waals surface area contributed by atoms with Crippen LogP contribution in [0.1, 0.15) is 50.3 Å². The molecule has 5 rings (SSSR count). The second-order valence-corrected chi connectivity index (χ2v) is 10.9. The van der Waals surface area contributed by atoms with Crippen molar-refractivity contribution in [2.45, 2.75) is 56.7 Å². The number of carbonyl (C=O) groups is 2. The summed E-state index contributed by atoms with van der Waals surface area (Å²) in [6, 6.07) is 29.0. The van der Waals surface area contributed by atoms with Gasteiger partial charge in [0.15, 0.2) is 6.04 Å². The fourth-order valence-corrected chi connectivity index (χ4v) is 5.74. The summed E-state index contributed by atoms with van der Waals surface area (Å²) < 4.78 is 6.19. The lowest BCUT2D eigenvalue weighted by Gasteiger charge is -2.40. The highest BCUT2D eigenvalue weighted by atomic mass is 16.6. The zero-order chi connectivity index (χ0) is 26.6. The molecule has 0 aliphatic carbocycles. The van der Waals surface area contributed by atoms with E-state index in [0.717, 1.165) is 30.8 Å². The molecule has 0 bridgehead atoms. The number of carbonyl (C=O) groups excluding carboxylic acids is 2. The lowest BCUT2D eigenvalue weighted by molar-refractivity contribution is -0.166. The zero-order valence-corrected chi connectivity index (χ0v) is 22.3. The topological polar surface area (TPSA) is 61.9 Å². The molecular weight excluding hydrogens is 474 g/mol. The first-order chi connectivity index (χ1) is 18.4. The summed E-state index contributed by atoms with van der Waals surface area (Å²) in [6.45, 7) is 5.76. The van der Waals surface area contributed by atoms with E-state index < -0.39 is 17.2 Å². The molecule has 2 heterocycles. The van der Waals surface area contributed by atoms with Crippen molar-refractivity contribution < 1.29 is 14.3 Å². The van der Waals surface area contributed by atoms with Gasteiger partial charge in [-0.15, -0.1) is 0 Å². The van der Waals surface area contributed by atoms with Crippen molar-refractivity contribution >= 4 is 17.6 Å². The van der Waals surface area contributed by atoms with Gasteiger partial charge in [0, 0.05) is 5.69 Å². The average molecular weight is 512 g/mol. The Morgan fingerprint density at radius 1 is 0.921 bits per heavy atom. The smallest absolute Gasteiger partial charge is 0.334 e. The van der Waals surface area contributed by atoms with Crippen molar-refractivity contribution in [3.05, 3.63) is 102 Å². The number of aryl methyl sites for hydroxylation is 1. The summed E-state index contributed by atoms with van der Waals surface area (Å²) in [5.74, 6) is -0.391. The number of hydrogen-bond acceptors (Lipinski definition) is 5. The van der Waals surface area contributed by atoms with Crippen LogP contribution < -0.4 is 10.2 Å². The van der Waals surface area contributed by atoms with Gasteiger partial charge in [-0.3, -0.25) is 4.79 Å². The van der Waals surface area contributed by atoms with Gasteiger partial charge >= 0.3 is 5.97 Å². The van der Waals surface area contributed by atoms with Gasteiger partial charge < -0.3 is 19.9 Å². The molecule has 2 fully saturated rings. The molecule has 0 saturated carbocycles. The van der Waals surface area contributed by atoms with Gasteiger partial charge in [0.25, 0.3) is 5.91 Å². The molecule has 6 nitrogen and oxygen atoms in total. The van der Waals surface area contributed by atoms with E-state index in [9.17, 15) is 9.59 Å². The SMILES string of the molecule is CC(C)(CCc1ccccc1)OC(=O)[C@H](c1ccccc1)N1CN(c2ccccc2)C2(CCNCC2)C1=O. The third kappa shape index (κ3) is 5.32. The van der Waals surface area contributed by atoms with Crippen LogP contribution in [0.4, 0.5) is 5.69 Å². The maximum atomic E-state index is 14.3. The molecule has 1 atom stereocenters. The van der Waals surface area contributed by atoms with Gasteiger partial charge in [-0.2, -0.15) is 0 Å². The van der Waals surface area contributed by atoms with Gasteiger partial charge in [0.05, 0.1) is 6.67 Å². The van der Waals surface area contributed by atoms with Crippen molar-refractivity contribution in [1.29, 1.82) is 0 Å². The summed E-state index contributed by atoms with van der Waals surface area (Å²) >= 11 is 0. The van der Waals surface area contributed by atoms with E-state index in [1.807, 2.05) is 92.7 Å². The molecule has 3 aromatic rings. The van der Waals surface area contributed by atoms with Crippen LogP contribution in [0.5, 0.6) is 0 Å². The predicted octanol–water partition coefficient (Wildman–Crippen LogP) is 5.11. The lowest BCUT2D eigenvalue weighted by atomic mass is 9.86. The Labute approximate surface area is 225 Å². The number of benzene rings is 3. The molecule has 1 spiro atoms. The Balaban J connectivity index is 1.44. The Hall–Kier alpha value is -3.64. The maximum absolute atomic E-state index is 14.3. The van der Waals surface area contributed by atoms with Crippen LogP contribution in [0, 0.1) is 0 Å². The zero-order valence-electron chi connectivity index (χ0n) is 22.3. The molecule has 1 amide bonds. The molecule has 0 unspecified atom stereocenters. The molecule has 2 saturated heterocycles. The first-order valence-corrected chi connectivity index (χ1v) is 13.6. The number of ether oxygens (including phenoxy) is 1. The normalized spacial score (nSPS) is 18.0. The van der Waals surface area contributed by atoms with Gasteiger partial charge in [-0.1, -0.05) is 78.9 Å². The van der Waals surface area contributed by atoms with Crippen molar-refractivity contribution in [2.75, 3.05) is 24.7 Å². The standard InChI is InChI=1S/C32H37N3O3/c1-31(2,19-18-25-12-6-3-7-13-25)38-29(36)28(26-14-8-4-9-15-26)34-24-35(27-16-10-5-11-17-27)32(30(34)37)20-22-33-23-21-32/h3-17,28,33H,18-24H2,1-2H3/t28-/m0/s1. The first-order valence-electron chi connectivity index (χ1n) is 13.6. The van der Waals surface area contributed by atoms with Crippen LogP contribution in [0.25, 0.3) is 0 Å². The van der Waals surface area contributed by atoms with Gasteiger partial charge in [-0.05, 0) is 75.9 Å². The van der Waals surface area contributed by atoms with E-state index in [2.05, 4.69) is 22.3 Å². The van der Waals surface area contributed by atoms with Gasteiger partial charge in [-0.25, -0.2) is 4.79 Å². The third-order valence-electron chi connectivity index (χ3n) is 7.85. The second-order valence-electron chi connectivity index (χ2n) is 10.9. The second kappa shape index (κ2) is 11.0. The molecule has 0 radical (unpaired) electrons. The number of piperidine rings is 1. The quantitative estimate of drug-likeness (QED) is 0.426. The minimum atomic E-state index is -0.819. The molecule has 2 aliphatic heterocycles. The van der Waals surface area contributed by atoms with Crippen LogP contribution >= 0.6 is 0 Å². The maximum Gasteiger partial charge on any atom is 0.334 e. The molecule has 38 heavy (non-hydrogen) atoms. The Bertz CT molecular complexity index is 1220. The molecule has 6 heteroatoms. The summed E-state index contributed by atoms with van der Waals surface area (Å²) in [6.07, 6.45) is 2.87. The number of amides is 1. The molecule has 2 aliphatic rings. The van der Waals surface area contributed by atoms with Gasteiger partial charge in [0.2, 0.25) is 0 Å². The Morgan fingerprint density at radius 2 is 1.50 bits per heavy atom. The molecule has 0 aromatic heterocycles. The fraction of sp³-hybridized carbons (Fsp3) is 0.375. The van der Waals surface area contributed by atoms with E-state index in [0.29, 0.717) is 25.9 Å². The number of hydrogen-bond donors (Lipinski definition) is 1. The van der Waals surface area contributed by atoms with E-state index in [1.165, 1.54) is 5.56 Å². The Kier molecular flexibility index (Phi) is 7.52. The van der Waals surface area contributed by atoms with E-state index in [1.54, 1.807) is 4.90 Å². The highest BCUT2D eigenvalue weighted by Gasteiger charge is 2.55. The molecule has 3 aromatic carbocycles. The van der Waals surface area contributed by atoms with Crippen molar-refractivity contribution in [3.63, 3.8) is 0 Å². The number of rotatable bonds is 8. The molecule has 198 valence electrons. The van der Waals surface area contributed by atoms with Crippen LogP contribution in [-0.4, -0.2) is 47.7 Å². The summed E-state index contributed by atoms with van der Waals surface area (Å²) in [5.41, 5.74) is 1.60. The number of esters is 1. The van der Waals surface area contributed by atoms with E-state index in [4.69, 9.17) is 4.74 Å². The van der Waals surface area contributed by atoms with Gasteiger partial charge in [0.1, 0.15) is 11.1 Å². The molecule has 1 N–H and O–H groups in total. The van der Waals surface area contributed by atoms with Crippen LogP contribution in [0.15, 0.2) is 91.0 Å². The highest BCUT2D eigenvalue weighted by molar-refractivity contribution is 5.97. The number of nitrogens with one attached hydrogen (secondary N) is 1. The van der Waals surface area contributed by atoms with E-state index >= 15 is 0 Å². The van der Waals surface area contributed by atoms with Crippen LogP contribution in [0.3, 0.4) is 0 Å². The number of para-hydroxylation sites is 1. The van der Waals surface area contributed by atoms with Crippen LogP contribution in [0.2, 0.25) is 0 Å². The fourth-order valence-electron chi connectivity index (χ4n) is 5.74. The average Bonchev–Trinajstić information content (AvgIpc) is 3.20. The van der Waals surface area contributed by atoms with Crippen molar-refractivity contribution in [1.82, 2.24) is 10.2 Å². The third-order valence-corrected chi connectivity index (χ3v) is 7.85. The highest BCUT2D eigenvalue weighted by Crippen LogP contribution is 2.42. The summed E-state index contributed by atoms with van der Waals surface area (Å²) in [4.78, 5) is 32.2. The predicted molar refractivity (Wildman–Crippen MR) is 150 cm³/mol. The summed E-state index contributed by atoms with van der Waals surface area (Å²) in [7, 11) is 0. The van der Waals surface area contributed by atoms with E-state index in [-0.39, 0.29) is 11.9 Å². The lowest BCUT2D eigenvalue weighted by Crippen LogP contribution is -2.56. The minimum absolute atomic E-state index is 0.00394. The monoisotopic (exact) mass is 511 g/mol. The summed E-state index contributed by atoms with van der Waals surface area (Å²) in [5, 5.41) is 3.40. The van der Waals surface area contributed by atoms with Crippen molar-refractivity contribution in [3.8, 4) is 0 Å². The van der Waals surface area contributed by atoms with Crippen molar-refractivity contribution in [2.24, 2.45) is 0 Å². The number of anilines is 1. The largest absolute Gasteiger partial charge is 0.458 e. The first kappa shape index (κ1) is 26.0. The minimum Gasteiger partial charge on any atom is -0.458 e.